The number of thioether (sulfide) groups is 1. The molecule has 160 valence electrons. The van der Waals surface area contributed by atoms with Crippen LogP contribution in [0, 0.1) is 0 Å². The normalized spacial score (nSPS) is 12.4. The second kappa shape index (κ2) is 10.3. The molecular weight excluding hydrogens is 404 g/mol. The largest absolute Gasteiger partial charge is 0.496 e. The van der Waals surface area contributed by atoms with Gasteiger partial charge in [0.2, 0.25) is 0 Å². The van der Waals surface area contributed by atoms with Crippen LogP contribution in [-0.4, -0.2) is 39.7 Å². The SMILES string of the molecule is CCCCOc1cc2c(cc1C(=O)C=Cc1c(OC)cc(OC)cc1OC)OCS2. The molecule has 0 radical (unpaired) electrons. The molecule has 0 aromatic heterocycles. The van der Waals surface area contributed by atoms with Crippen LogP contribution in [0.15, 0.2) is 35.2 Å². The summed E-state index contributed by atoms with van der Waals surface area (Å²) in [6.45, 7) is 2.66. The number of ketones is 1. The highest BCUT2D eigenvalue weighted by atomic mass is 32.2. The van der Waals surface area contributed by atoms with E-state index in [1.807, 2.05) is 6.07 Å². The number of unbranched alkanes of at least 4 members (excludes halogenated alkanes) is 1. The third kappa shape index (κ3) is 4.84. The molecule has 0 fully saturated rings. The van der Waals surface area contributed by atoms with E-state index >= 15 is 0 Å². The van der Waals surface area contributed by atoms with Crippen molar-refractivity contribution in [2.45, 2.75) is 24.7 Å². The first kappa shape index (κ1) is 21.9. The molecule has 0 aliphatic carbocycles. The first-order valence-electron chi connectivity index (χ1n) is 9.70. The van der Waals surface area contributed by atoms with Crippen LogP contribution in [0.5, 0.6) is 28.7 Å². The van der Waals surface area contributed by atoms with Gasteiger partial charge in [-0.25, -0.2) is 0 Å². The first-order chi connectivity index (χ1) is 14.6. The van der Waals surface area contributed by atoms with Gasteiger partial charge >= 0.3 is 0 Å². The van der Waals surface area contributed by atoms with E-state index in [1.54, 1.807) is 57.4 Å². The summed E-state index contributed by atoms with van der Waals surface area (Å²) in [5.41, 5.74) is 1.12. The zero-order valence-electron chi connectivity index (χ0n) is 17.7. The molecular formula is C23H26O6S. The van der Waals surface area contributed by atoms with E-state index in [4.69, 9.17) is 23.7 Å². The van der Waals surface area contributed by atoms with Crippen LogP contribution in [0.2, 0.25) is 0 Å². The fourth-order valence-electron chi connectivity index (χ4n) is 3.01. The van der Waals surface area contributed by atoms with Crippen LogP contribution >= 0.6 is 11.8 Å². The van der Waals surface area contributed by atoms with Gasteiger partial charge in [0.25, 0.3) is 0 Å². The van der Waals surface area contributed by atoms with Gasteiger partial charge < -0.3 is 23.7 Å². The number of carbonyl (C=O) groups excluding carboxylic acids is 1. The maximum atomic E-state index is 13.1. The fourth-order valence-corrected chi connectivity index (χ4v) is 3.77. The van der Waals surface area contributed by atoms with Crippen molar-refractivity contribution in [2.75, 3.05) is 33.9 Å². The molecule has 0 bridgehead atoms. The quantitative estimate of drug-likeness (QED) is 0.290. The Morgan fingerprint density at radius 1 is 1.07 bits per heavy atom. The van der Waals surface area contributed by atoms with Gasteiger partial charge in [-0.1, -0.05) is 25.1 Å². The maximum Gasteiger partial charge on any atom is 0.189 e. The average Bonchev–Trinajstić information content (AvgIpc) is 3.23. The Morgan fingerprint density at radius 3 is 2.43 bits per heavy atom. The molecule has 1 heterocycles. The van der Waals surface area contributed by atoms with Gasteiger partial charge in [-0.3, -0.25) is 4.79 Å². The Morgan fingerprint density at radius 2 is 1.80 bits per heavy atom. The minimum absolute atomic E-state index is 0.190. The Hall–Kier alpha value is -2.80. The van der Waals surface area contributed by atoms with Crippen LogP contribution in [0.3, 0.4) is 0 Å². The smallest absolute Gasteiger partial charge is 0.189 e. The lowest BCUT2D eigenvalue weighted by Crippen LogP contribution is -2.04. The van der Waals surface area contributed by atoms with Crippen LogP contribution < -0.4 is 23.7 Å². The van der Waals surface area contributed by atoms with Crippen molar-refractivity contribution in [3.05, 3.63) is 41.5 Å². The summed E-state index contributed by atoms with van der Waals surface area (Å²) >= 11 is 1.59. The number of benzene rings is 2. The molecule has 1 aliphatic rings. The van der Waals surface area contributed by atoms with E-state index < -0.39 is 0 Å². The number of hydrogen-bond donors (Lipinski definition) is 0. The first-order valence-corrected chi connectivity index (χ1v) is 10.7. The van der Waals surface area contributed by atoms with E-state index in [9.17, 15) is 4.79 Å². The van der Waals surface area contributed by atoms with Crippen molar-refractivity contribution in [3.63, 3.8) is 0 Å². The van der Waals surface area contributed by atoms with Gasteiger partial charge in [-0.05, 0) is 30.7 Å². The molecule has 0 saturated carbocycles. The van der Waals surface area contributed by atoms with Crippen LogP contribution in [0.4, 0.5) is 0 Å². The van der Waals surface area contributed by atoms with Crippen LogP contribution in [0.1, 0.15) is 35.7 Å². The molecule has 0 atom stereocenters. The molecule has 3 rings (SSSR count). The standard InChI is InChI=1S/C23H26O6S/c1-5-6-9-28-21-13-23-22(29-14-30-23)12-17(21)18(24)8-7-16-19(26-3)10-15(25-2)11-20(16)27-4/h7-8,10-13H,5-6,9,14H2,1-4H3. The predicted octanol–water partition coefficient (Wildman–Crippen LogP) is 5.23. The lowest BCUT2D eigenvalue weighted by molar-refractivity contribution is 0.104. The monoisotopic (exact) mass is 430 g/mol. The number of methoxy groups -OCH3 is 3. The van der Waals surface area contributed by atoms with Crippen LogP contribution in [-0.2, 0) is 0 Å². The second-order valence-electron chi connectivity index (χ2n) is 6.55. The van der Waals surface area contributed by atoms with Gasteiger partial charge in [-0.2, -0.15) is 0 Å². The Labute approximate surface area is 181 Å². The molecule has 7 heteroatoms. The fraction of sp³-hybridized carbons (Fsp3) is 0.348. The minimum Gasteiger partial charge on any atom is -0.496 e. The molecule has 2 aromatic rings. The lowest BCUT2D eigenvalue weighted by Gasteiger charge is -2.13. The van der Waals surface area contributed by atoms with Crippen molar-refractivity contribution in [1.82, 2.24) is 0 Å². The Balaban J connectivity index is 1.93. The van der Waals surface area contributed by atoms with E-state index in [2.05, 4.69) is 6.92 Å². The number of ether oxygens (including phenoxy) is 5. The van der Waals surface area contributed by atoms with Crippen molar-refractivity contribution >= 4 is 23.6 Å². The minimum atomic E-state index is -0.190. The third-order valence-electron chi connectivity index (χ3n) is 4.65. The van der Waals surface area contributed by atoms with E-state index in [0.29, 0.717) is 52.4 Å². The molecule has 0 unspecified atom stereocenters. The molecule has 0 amide bonds. The van der Waals surface area contributed by atoms with Crippen molar-refractivity contribution < 1.29 is 28.5 Å². The zero-order valence-corrected chi connectivity index (χ0v) is 18.5. The summed E-state index contributed by atoms with van der Waals surface area (Å²) in [6, 6.07) is 7.13. The van der Waals surface area contributed by atoms with Gasteiger partial charge in [-0.15, -0.1) is 0 Å². The highest BCUT2D eigenvalue weighted by Crippen LogP contribution is 2.41. The number of fused-ring (bicyclic) bond motifs is 1. The summed E-state index contributed by atoms with van der Waals surface area (Å²) in [5.74, 6) is 3.32. The van der Waals surface area contributed by atoms with Gasteiger partial charge in [0.1, 0.15) is 34.7 Å². The lowest BCUT2D eigenvalue weighted by atomic mass is 10.1. The highest BCUT2D eigenvalue weighted by Gasteiger charge is 2.21. The van der Waals surface area contributed by atoms with Crippen LogP contribution in [0.25, 0.3) is 6.08 Å². The van der Waals surface area contributed by atoms with E-state index in [-0.39, 0.29) is 5.78 Å². The molecule has 6 nitrogen and oxygen atoms in total. The molecule has 0 N–H and O–H groups in total. The van der Waals surface area contributed by atoms with Gasteiger partial charge in [0.05, 0.1) is 44.0 Å². The summed E-state index contributed by atoms with van der Waals surface area (Å²) in [6.07, 6.45) is 5.11. The Kier molecular flexibility index (Phi) is 7.52. The summed E-state index contributed by atoms with van der Waals surface area (Å²) in [5, 5.41) is 0. The zero-order chi connectivity index (χ0) is 21.5. The summed E-state index contributed by atoms with van der Waals surface area (Å²) < 4.78 is 27.7. The molecule has 30 heavy (non-hydrogen) atoms. The second-order valence-corrected chi connectivity index (χ2v) is 7.51. The van der Waals surface area contributed by atoms with E-state index in [0.717, 1.165) is 17.7 Å². The van der Waals surface area contributed by atoms with Gasteiger partial charge in [0, 0.05) is 12.1 Å². The average molecular weight is 431 g/mol. The highest BCUT2D eigenvalue weighted by molar-refractivity contribution is 7.99. The molecule has 0 saturated heterocycles. The third-order valence-corrected chi connectivity index (χ3v) is 5.52. The maximum absolute atomic E-state index is 13.1. The number of allylic oxidation sites excluding steroid dienone is 1. The van der Waals surface area contributed by atoms with E-state index in [1.165, 1.54) is 6.08 Å². The van der Waals surface area contributed by atoms with Gasteiger partial charge in [0.15, 0.2) is 5.78 Å². The molecule has 2 aromatic carbocycles. The predicted molar refractivity (Wildman–Crippen MR) is 118 cm³/mol. The van der Waals surface area contributed by atoms with Crippen molar-refractivity contribution in [3.8, 4) is 28.7 Å². The number of rotatable bonds is 10. The topological polar surface area (TPSA) is 63.2 Å². The summed E-state index contributed by atoms with van der Waals surface area (Å²) in [7, 11) is 4.69. The Bertz CT molecular complexity index is 913. The van der Waals surface area contributed by atoms with Crippen molar-refractivity contribution in [1.29, 1.82) is 0 Å². The van der Waals surface area contributed by atoms with Crippen molar-refractivity contribution in [2.24, 2.45) is 0 Å². The summed E-state index contributed by atoms with van der Waals surface area (Å²) in [4.78, 5) is 14.0. The number of carbonyl (C=O) groups is 1. The number of hydrogen-bond acceptors (Lipinski definition) is 7. The molecule has 0 spiro atoms. The molecule has 1 aliphatic heterocycles.